The average Bonchev–Trinajstić information content (AvgIpc) is 3.23. The summed E-state index contributed by atoms with van der Waals surface area (Å²) in [5.41, 5.74) is 1.55. The lowest BCUT2D eigenvalue weighted by Crippen LogP contribution is -2.26. The lowest BCUT2D eigenvalue weighted by Gasteiger charge is -2.07. The highest BCUT2D eigenvalue weighted by Crippen LogP contribution is 2.39. The van der Waals surface area contributed by atoms with E-state index in [0.29, 0.717) is 34.8 Å². The van der Waals surface area contributed by atoms with Gasteiger partial charge in [-0.3, -0.25) is 19.4 Å². The Morgan fingerprint density at radius 2 is 2.35 bits per heavy atom. The van der Waals surface area contributed by atoms with Crippen LogP contribution in [-0.2, 0) is 7.05 Å². The number of aromatic nitrogens is 3. The minimum atomic E-state index is -0.284. The molecular weight excluding hydrogens is 276 g/mol. The average molecular weight is 292 g/mol. The molecule has 1 saturated carbocycles. The van der Waals surface area contributed by atoms with Crippen molar-refractivity contribution in [1.29, 1.82) is 0 Å². The Kier molecular flexibility index (Phi) is 3.29. The summed E-state index contributed by atoms with van der Waals surface area (Å²) in [4.78, 5) is 28.7. The van der Waals surface area contributed by atoms with E-state index in [9.17, 15) is 9.59 Å². The SMILES string of the molecule is Cn1[nH]c(=O)c2c(C(=O)NCCS)cc(C3CC3)nc21. The standard InChI is InChI=1S/C13H16N4O2S/c1-17-11-10(13(19)16-17)8(12(18)14-4-5-20)6-9(15-11)7-2-3-7/h6-7,20H,2-5H2,1H3,(H,14,18)(H,16,19). The van der Waals surface area contributed by atoms with Gasteiger partial charge in [0.15, 0.2) is 5.65 Å². The summed E-state index contributed by atoms with van der Waals surface area (Å²) in [6.07, 6.45) is 2.18. The lowest BCUT2D eigenvalue weighted by atomic mass is 10.1. The van der Waals surface area contributed by atoms with E-state index in [1.165, 1.54) is 0 Å². The molecule has 7 heteroatoms. The monoisotopic (exact) mass is 292 g/mol. The molecular formula is C13H16N4O2S. The molecule has 106 valence electrons. The van der Waals surface area contributed by atoms with Crippen molar-refractivity contribution in [2.45, 2.75) is 18.8 Å². The van der Waals surface area contributed by atoms with Crippen LogP contribution < -0.4 is 10.9 Å². The van der Waals surface area contributed by atoms with Crippen LogP contribution >= 0.6 is 12.6 Å². The minimum absolute atomic E-state index is 0.245. The zero-order valence-electron chi connectivity index (χ0n) is 11.1. The van der Waals surface area contributed by atoms with Crippen LogP contribution in [0, 0.1) is 0 Å². The van der Waals surface area contributed by atoms with Gasteiger partial charge in [-0.25, -0.2) is 4.98 Å². The van der Waals surface area contributed by atoms with Crippen molar-refractivity contribution in [2.75, 3.05) is 12.3 Å². The number of aromatic amines is 1. The zero-order chi connectivity index (χ0) is 14.3. The number of pyridine rings is 1. The molecule has 0 aromatic carbocycles. The number of amides is 1. The van der Waals surface area contributed by atoms with E-state index < -0.39 is 0 Å². The first kappa shape index (κ1) is 13.2. The first-order valence-electron chi connectivity index (χ1n) is 6.60. The third-order valence-electron chi connectivity index (χ3n) is 3.47. The van der Waals surface area contributed by atoms with E-state index in [4.69, 9.17) is 0 Å². The fraction of sp³-hybridized carbons (Fsp3) is 0.462. The van der Waals surface area contributed by atoms with E-state index in [1.807, 2.05) is 0 Å². The van der Waals surface area contributed by atoms with Crippen molar-refractivity contribution in [3.63, 3.8) is 0 Å². The van der Waals surface area contributed by atoms with E-state index in [2.05, 4.69) is 28.0 Å². The molecule has 2 aromatic heterocycles. The second-order valence-electron chi connectivity index (χ2n) is 5.05. The molecule has 0 spiro atoms. The number of H-pyrrole nitrogens is 1. The van der Waals surface area contributed by atoms with E-state index in [-0.39, 0.29) is 11.5 Å². The summed E-state index contributed by atoms with van der Waals surface area (Å²) < 4.78 is 1.57. The van der Waals surface area contributed by atoms with Crippen molar-refractivity contribution >= 4 is 29.6 Å². The Labute approximate surface area is 121 Å². The fourth-order valence-electron chi connectivity index (χ4n) is 2.31. The van der Waals surface area contributed by atoms with Crippen LogP contribution in [0.25, 0.3) is 11.0 Å². The molecule has 0 saturated heterocycles. The number of rotatable bonds is 4. The highest BCUT2D eigenvalue weighted by molar-refractivity contribution is 7.80. The molecule has 1 aliphatic carbocycles. The van der Waals surface area contributed by atoms with Gasteiger partial charge in [-0.15, -0.1) is 0 Å². The summed E-state index contributed by atoms with van der Waals surface area (Å²) in [7, 11) is 1.73. The molecule has 0 atom stereocenters. The Bertz CT molecular complexity index is 730. The molecule has 0 unspecified atom stereocenters. The van der Waals surface area contributed by atoms with Crippen LogP contribution in [0.2, 0.25) is 0 Å². The van der Waals surface area contributed by atoms with Gasteiger partial charge in [0.2, 0.25) is 0 Å². The maximum atomic E-state index is 12.2. The number of carbonyl (C=O) groups excluding carboxylic acids is 1. The third kappa shape index (κ3) is 2.22. The van der Waals surface area contributed by atoms with Crippen LogP contribution in [-0.4, -0.2) is 33.0 Å². The minimum Gasteiger partial charge on any atom is -0.351 e. The number of hydrogen-bond donors (Lipinski definition) is 3. The number of thiol groups is 1. The highest BCUT2D eigenvalue weighted by atomic mass is 32.1. The number of nitrogens with zero attached hydrogens (tertiary/aromatic N) is 2. The lowest BCUT2D eigenvalue weighted by molar-refractivity contribution is 0.0957. The summed E-state index contributed by atoms with van der Waals surface area (Å²) in [6.45, 7) is 0.468. The van der Waals surface area contributed by atoms with Gasteiger partial charge in [0.1, 0.15) is 0 Å². The summed E-state index contributed by atoms with van der Waals surface area (Å²) in [6, 6.07) is 1.75. The molecule has 3 rings (SSSR count). The van der Waals surface area contributed by atoms with Gasteiger partial charge < -0.3 is 5.32 Å². The maximum Gasteiger partial charge on any atom is 0.274 e. The Hall–Kier alpha value is -1.76. The maximum absolute atomic E-state index is 12.2. The molecule has 20 heavy (non-hydrogen) atoms. The first-order valence-corrected chi connectivity index (χ1v) is 7.23. The Morgan fingerprint density at radius 3 is 3.00 bits per heavy atom. The fourth-order valence-corrected chi connectivity index (χ4v) is 2.42. The molecule has 6 nitrogen and oxygen atoms in total. The van der Waals surface area contributed by atoms with Crippen LogP contribution in [0.5, 0.6) is 0 Å². The second-order valence-corrected chi connectivity index (χ2v) is 5.49. The van der Waals surface area contributed by atoms with Gasteiger partial charge in [0.25, 0.3) is 11.5 Å². The van der Waals surface area contributed by atoms with Gasteiger partial charge in [-0.05, 0) is 18.9 Å². The van der Waals surface area contributed by atoms with Gasteiger partial charge in [0.05, 0.1) is 10.9 Å². The molecule has 1 amide bonds. The Balaban J connectivity index is 2.16. The van der Waals surface area contributed by atoms with Gasteiger partial charge in [-0.1, -0.05) is 0 Å². The molecule has 2 aromatic rings. The van der Waals surface area contributed by atoms with Crippen molar-refractivity contribution < 1.29 is 4.79 Å². The van der Waals surface area contributed by atoms with Crippen LogP contribution in [0.3, 0.4) is 0 Å². The predicted molar refractivity (Wildman–Crippen MR) is 79.5 cm³/mol. The predicted octanol–water partition coefficient (Wildman–Crippen LogP) is 0.799. The zero-order valence-corrected chi connectivity index (χ0v) is 12.0. The number of carbonyl (C=O) groups is 1. The van der Waals surface area contributed by atoms with Crippen molar-refractivity contribution in [1.82, 2.24) is 20.1 Å². The molecule has 1 aliphatic rings. The van der Waals surface area contributed by atoms with Crippen LogP contribution in [0.1, 0.15) is 34.8 Å². The number of hydrogen-bond acceptors (Lipinski definition) is 4. The third-order valence-corrected chi connectivity index (χ3v) is 3.70. The van der Waals surface area contributed by atoms with Gasteiger partial charge in [-0.2, -0.15) is 12.6 Å². The van der Waals surface area contributed by atoms with E-state index >= 15 is 0 Å². The number of nitrogens with one attached hydrogen (secondary N) is 2. The summed E-state index contributed by atoms with van der Waals surface area (Å²) >= 11 is 4.07. The largest absolute Gasteiger partial charge is 0.351 e. The normalized spacial score (nSPS) is 14.7. The van der Waals surface area contributed by atoms with Gasteiger partial charge >= 0.3 is 0 Å². The molecule has 2 N–H and O–H groups in total. The van der Waals surface area contributed by atoms with Crippen molar-refractivity contribution in [2.24, 2.45) is 7.05 Å². The Morgan fingerprint density at radius 1 is 1.60 bits per heavy atom. The highest BCUT2D eigenvalue weighted by Gasteiger charge is 2.28. The molecule has 0 bridgehead atoms. The van der Waals surface area contributed by atoms with Crippen LogP contribution in [0.15, 0.2) is 10.9 Å². The topological polar surface area (TPSA) is 79.8 Å². The molecule has 0 radical (unpaired) electrons. The van der Waals surface area contributed by atoms with Crippen molar-refractivity contribution in [3.8, 4) is 0 Å². The van der Waals surface area contributed by atoms with Crippen molar-refractivity contribution in [3.05, 3.63) is 27.7 Å². The summed E-state index contributed by atoms with van der Waals surface area (Å²) in [5.74, 6) is 0.728. The first-order chi connectivity index (χ1) is 9.61. The van der Waals surface area contributed by atoms with E-state index in [1.54, 1.807) is 17.8 Å². The van der Waals surface area contributed by atoms with Gasteiger partial charge in [0, 0.05) is 31.0 Å². The second kappa shape index (κ2) is 4.97. The van der Waals surface area contributed by atoms with Crippen LogP contribution in [0.4, 0.5) is 0 Å². The molecule has 1 fully saturated rings. The van der Waals surface area contributed by atoms with E-state index in [0.717, 1.165) is 18.5 Å². The number of fused-ring (bicyclic) bond motifs is 1. The summed E-state index contributed by atoms with van der Waals surface area (Å²) in [5, 5.41) is 5.77. The smallest absolute Gasteiger partial charge is 0.274 e. The number of aryl methyl sites for hydroxylation is 1. The quantitative estimate of drug-likeness (QED) is 0.729. The molecule has 0 aliphatic heterocycles. The molecule has 2 heterocycles.